The molecule has 0 bridgehead atoms. The summed E-state index contributed by atoms with van der Waals surface area (Å²) in [5.41, 5.74) is 4.68. The van der Waals surface area contributed by atoms with Gasteiger partial charge in [-0.25, -0.2) is 9.59 Å². The Balaban J connectivity index is 1.33. The molecule has 3 aromatic rings. The summed E-state index contributed by atoms with van der Waals surface area (Å²) in [4.78, 5) is 36.2. The minimum Gasteiger partial charge on any atom is -0.478 e. The topological polar surface area (TPSA) is 105 Å². The molecule has 3 N–H and O–H groups in total. The maximum absolute atomic E-state index is 12.4. The van der Waals surface area contributed by atoms with Gasteiger partial charge in [-0.3, -0.25) is 4.79 Å². The molecule has 2 amide bonds. The number of nitrogens with one attached hydrogen (secondary N) is 2. The number of carboxylic acid groups (broad SMARTS) is 1. The van der Waals surface area contributed by atoms with Crippen LogP contribution in [0.15, 0.2) is 71.2 Å². The first-order valence-corrected chi connectivity index (χ1v) is 11.6. The first kappa shape index (κ1) is 23.5. The summed E-state index contributed by atoms with van der Waals surface area (Å²) in [6, 6.07) is 20.1. The van der Waals surface area contributed by atoms with Crippen LogP contribution in [0.3, 0.4) is 0 Å². The van der Waals surface area contributed by atoms with Crippen molar-refractivity contribution >= 4 is 39.6 Å². The molecule has 1 aliphatic rings. The number of benzene rings is 3. The number of hydrogen-bond donors (Lipinski definition) is 3. The smallest absolute Gasteiger partial charge is 0.407 e. The fraction of sp³-hybridized carbons (Fsp3) is 0.192. The van der Waals surface area contributed by atoms with Crippen LogP contribution in [0, 0.1) is 0 Å². The highest BCUT2D eigenvalue weighted by atomic mass is 79.9. The number of halogens is 1. The van der Waals surface area contributed by atoms with Crippen molar-refractivity contribution in [2.45, 2.75) is 25.3 Å². The molecule has 0 saturated heterocycles. The van der Waals surface area contributed by atoms with Gasteiger partial charge in [0.05, 0.1) is 11.3 Å². The van der Waals surface area contributed by atoms with Crippen LogP contribution in [-0.2, 0) is 9.53 Å². The zero-order valence-corrected chi connectivity index (χ0v) is 20.0. The molecular formula is C26H23BrN2O5. The average molecular weight is 523 g/mol. The van der Waals surface area contributed by atoms with E-state index in [1.807, 2.05) is 36.4 Å². The number of amides is 2. The Morgan fingerprint density at radius 1 is 1.00 bits per heavy atom. The van der Waals surface area contributed by atoms with E-state index in [4.69, 9.17) is 4.74 Å². The summed E-state index contributed by atoms with van der Waals surface area (Å²) in [5.74, 6) is -1.62. The van der Waals surface area contributed by atoms with Crippen molar-refractivity contribution in [2.24, 2.45) is 0 Å². The van der Waals surface area contributed by atoms with E-state index in [9.17, 15) is 19.5 Å². The minimum atomic E-state index is -1.15. The van der Waals surface area contributed by atoms with E-state index in [2.05, 4.69) is 38.7 Å². The van der Waals surface area contributed by atoms with Crippen molar-refractivity contribution < 1.29 is 24.2 Å². The first-order chi connectivity index (χ1) is 16.3. The zero-order chi connectivity index (χ0) is 24.2. The van der Waals surface area contributed by atoms with Crippen LogP contribution in [0.4, 0.5) is 10.5 Å². The second-order valence-electron chi connectivity index (χ2n) is 8.12. The van der Waals surface area contributed by atoms with Crippen LogP contribution in [0.2, 0.25) is 0 Å². The largest absolute Gasteiger partial charge is 0.478 e. The second-order valence-corrected chi connectivity index (χ2v) is 9.03. The van der Waals surface area contributed by atoms with Gasteiger partial charge >= 0.3 is 12.1 Å². The van der Waals surface area contributed by atoms with E-state index in [1.165, 1.54) is 12.1 Å². The fourth-order valence-corrected chi connectivity index (χ4v) is 4.54. The molecule has 0 fully saturated rings. The molecule has 0 saturated carbocycles. The molecule has 0 radical (unpaired) electrons. The van der Waals surface area contributed by atoms with Crippen molar-refractivity contribution in [3.63, 3.8) is 0 Å². The van der Waals surface area contributed by atoms with E-state index in [0.29, 0.717) is 4.47 Å². The highest BCUT2D eigenvalue weighted by molar-refractivity contribution is 9.10. The highest BCUT2D eigenvalue weighted by Crippen LogP contribution is 2.44. The van der Waals surface area contributed by atoms with E-state index >= 15 is 0 Å². The summed E-state index contributed by atoms with van der Waals surface area (Å²) >= 11 is 3.27. The Morgan fingerprint density at radius 3 is 2.24 bits per heavy atom. The molecule has 4 rings (SSSR count). The first-order valence-electron chi connectivity index (χ1n) is 10.8. The Kier molecular flexibility index (Phi) is 6.98. The van der Waals surface area contributed by atoms with Gasteiger partial charge in [0.2, 0.25) is 5.91 Å². The van der Waals surface area contributed by atoms with Gasteiger partial charge in [0.1, 0.15) is 6.61 Å². The van der Waals surface area contributed by atoms with Gasteiger partial charge in [0.25, 0.3) is 0 Å². The van der Waals surface area contributed by atoms with Crippen molar-refractivity contribution in [3.8, 4) is 11.1 Å². The zero-order valence-electron chi connectivity index (χ0n) is 18.4. The quantitative estimate of drug-likeness (QED) is 0.385. The van der Waals surface area contributed by atoms with E-state index < -0.39 is 24.0 Å². The Bertz CT molecular complexity index is 1210. The SMILES string of the molecule is C[C@@H](CC(=O)Nc1cc(Br)ccc1C(=O)O)NC(=O)OCC1c2ccccc2-c2ccccc21. The van der Waals surface area contributed by atoms with E-state index in [1.54, 1.807) is 13.0 Å². The summed E-state index contributed by atoms with van der Waals surface area (Å²) in [6.07, 6.45) is -0.661. The molecule has 0 spiro atoms. The lowest BCUT2D eigenvalue weighted by Crippen LogP contribution is -2.36. The molecule has 0 aliphatic heterocycles. The molecule has 174 valence electrons. The van der Waals surface area contributed by atoms with Crippen LogP contribution in [-0.4, -0.2) is 35.7 Å². The molecule has 8 heteroatoms. The summed E-state index contributed by atoms with van der Waals surface area (Å²) in [5, 5.41) is 14.6. The maximum atomic E-state index is 12.4. The van der Waals surface area contributed by atoms with Crippen LogP contribution >= 0.6 is 15.9 Å². The number of hydrogen-bond acceptors (Lipinski definition) is 4. The number of carbonyl (C=O) groups is 3. The minimum absolute atomic E-state index is 0.0197. The predicted molar refractivity (Wildman–Crippen MR) is 132 cm³/mol. The maximum Gasteiger partial charge on any atom is 0.407 e. The molecule has 3 aromatic carbocycles. The number of ether oxygens (including phenoxy) is 1. The Morgan fingerprint density at radius 2 is 1.62 bits per heavy atom. The molecule has 0 unspecified atom stereocenters. The van der Waals surface area contributed by atoms with Gasteiger partial charge < -0.3 is 20.5 Å². The van der Waals surface area contributed by atoms with Crippen LogP contribution < -0.4 is 10.6 Å². The third kappa shape index (κ3) is 5.12. The standard InChI is InChI=1S/C26H23BrN2O5/c1-15(12-24(30)29-23-13-16(27)10-11-21(23)25(31)32)28-26(33)34-14-22-19-8-4-2-6-17(19)18-7-3-5-9-20(18)22/h2-11,13,15,22H,12,14H2,1H3,(H,28,33)(H,29,30)(H,31,32)/t15-/m0/s1. The van der Waals surface area contributed by atoms with Crippen molar-refractivity contribution in [1.82, 2.24) is 5.32 Å². The third-order valence-corrected chi connectivity index (χ3v) is 6.18. The predicted octanol–water partition coefficient (Wildman–Crippen LogP) is 5.40. The van der Waals surface area contributed by atoms with Gasteiger partial charge in [0, 0.05) is 22.9 Å². The van der Waals surface area contributed by atoms with Crippen LogP contribution in [0.25, 0.3) is 11.1 Å². The Hall–Kier alpha value is -3.65. The summed E-state index contributed by atoms with van der Waals surface area (Å²) < 4.78 is 6.15. The molecule has 7 nitrogen and oxygen atoms in total. The number of alkyl carbamates (subject to hydrolysis) is 1. The fourth-order valence-electron chi connectivity index (χ4n) is 4.18. The lowest BCUT2D eigenvalue weighted by atomic mass is 9.98. The van der Waals surface area contributed by atoms with Crippen molar-refractivity contribution in [1.29, 1.82) is 0 Å². The number of anilines is 1. The van der Waals surface area contributed by atoms with Crippen molar-refractivity contribution in [3.05, 3.63) is 87.9 Å². The molecule has 0 aromatic heterocycles. The Labute approximate surface area is 205 Å². The molecule has 0 heterocycles. The number of carboxylic acids is 1. The average Bonchev–Trinajstić information content (AvgIpc) is 3.11. The number of aromatic carboxylic acids is 1. The summed E-state index contributed by atoms with van der Waals surface area (Å²) in [7, 11) is 0. The van der Waals surface area contributed by atoms with E-state index in [0.717, 1.165) is 22.3 Å². The molecular weight excluding hydrogens is 500 g/mol. The normalized spacial score (nSPS) is 12.9. The van der Waals surface area contributed by atoms with Gasteiger partial charge in [0.15, 0.2) is 0 Å². The van der Waals surface area contributed by atoms with Crippen molar-refractivity contribution in [2.75, 3.05) is 11.9 Å². The van der Waals surface area contributed by atoms with Gasteiger partial charge in [-0.05, 0) is 47.4 Å². The second kappa shape index (κ2) is 10.1. The summed E-state index contributed by atoms with van der Waals surface area (Å²) in [6.45, 7) is 1.86. The van der Waals surface area contributed by atoms with Gasteiger partial charge in [-0.1, -0.05) is 64.5 Å². The number of rotatable bonds is 7. The molecule has 1 atom stereocenters. The monoisotopic (exact) mass is 522 g/mol. The number of carbonyl (C=O) groups excluding carboxylic acids is 2. The lowest BCUT2D eigenvalue weighted by molar-refractivity contribution is -0.116. The third-order valence-electron chi connectivity index (χ3n) is 5.69. The molecule has 1 aliphatic carbocycles. The van der Waals surface area contributed by atoms with Crippen LogP contribution in [0.1, 0.15) is 40.7 Å². The lowest BCUT2D eigenvalue weighted by Gasteiger charge is -2.17. The van der Waals surface area contributed by atoms with Crippen LogP contribution in [0.5, 0.6) is 0 Å². The van der Waals surface area contributed by atoms with Gasteiger partial charge in [-0.15, -0.1) is 0 Å². The number of fused-ring (bicyclic) bond motifs is 3. The van der Waals surface area contributed by atoms with E-state index in [-0.39, 0.29) is 30.2 Å². The highest BCUT2D eigenvalue weighted by Gasteiger charge is 2.29. The van der Waals surface area contributed by atoms with Gasteiger partial charge in [-0.2, -0.15) is 0 Å². The molecule has 34 heavy (non-hydrogen) atoms.